The molecule has 0 unspecified atom stereocenters. The van der Waals surface area contributed by atoms with E-state index < -0.39 is 141 Å². The van der Waals surface area contributed by atoms with Gasteiger partial charge in [0.2, 0.25) is 0 Å². The van der Waals surface area contributed by atoms with Gasteiger partial charge in [0.15, 0.2) is 26.8 Å². The summed E-state index contributed by atoms with van der Waals surface area (Å²) in [5.41, 5.74) is -4.14. The van der Waals surface area contributed by atoms with Crippen molar-refractivity contribution in [2.75, 3.05) is 47.2 Å². The number of benzene rings is 1. The summed E-state index contributed by atoms with van der Waals surface area (Å²) in [6, 6.07) is 3.58. The van der Waals surface area contributed by atoms with E-state index in [0.29, 0.717) is 18.5 Å². The molecule has 3 saturated heterocycles. The lowest BCUT2D eigenvalue weighted by Crippen LogP contribution is -2.61. The molecule has 0 aromatic heterocycles. The largest absolute Gasteiger partial charge is 0.459 e. The number of aliphatic hydroxyl groups is 5. The van der Waals surface area contributed by atoms with Gasteiger partial charge in [0.1, 0.15) is 36.7 Å². The van der Waals surface area contributed by atoms with Crippen molar-refractivity contribution in [3.8, 4) is 0 Å². The fourth-order valence-electron chi connectivity index (χ4n) is 10.8. The van der Waals surface area contributed by atoms with Crippen LogP contribution in [0.15, 0.2) is 29.2 Å². The van der Waals surface area contributed by atoms with Crippen molar-refractivity contribution in [3.63, 3.8) is 0 Å². The van der Waals surface area contributed by atoms with Crippen LogP contribution in [0.3, 0.4) is 0 Å². The van der Waals surface area contributed by atoms with E-state index in [4.69, 9.17) is 51.6 Å². The maximum Gasteiger partial charge on any atom is 0.311 e. The van der Waals surface area contributed by atoms with Crippen LogP contribution in [0.25, 0.3) is 0 Å². The molecule has 422 valence electrons. The molecule has 3 aliphatic rings. The maximum atomic E-state index is 14.5. The van der Waals surface area contributed by atoms with E-state index >= 15 is 0 Å². The molecule has 73 heavy (non-hydrogen) atoms. The molecule has 19 atom stereocenters. The molecule has 4 rings (SSSR count). The lowest BCUT2D eigenvalue weighted by atomic mass is 9.77. The standard InChI is InChI=1S/C51H86Cl2FN3O15S/c1-15-38-50(10,64)42(59)32(6)57(12)27-28(2)24-48(8,63)44(30(4)41(31(5)45(61)70-38)71-39-25-49(9,67-13)43(60)33(7)69-39)72-46-40(58)37(22-29(3)68-46)56(11)21-20-51(52,53)47(62)55-35(26-54)23-34-16-18-36(19-17-34)73(14,65)66/h16-19,28-33,35,37-44,46,58-60,63-64H,15,20-27H2,1-14H3,(H,55,62)/t28-,29-,30+,31-,32-,33+,35+,37+,38-,39+,40-,41+,42-,43+,44-,46+,48-,49-,50-/m1/s1. The molecule has 3 aliphatic heterocycles. The minimum atomic E-state index is -3.44. The van der Waals surface area contributed by atoms with Gasteiger partial charge in [-0.05, 0) is 112 Å². The first kappa shape index (κ1) is 63.7. The molecular formula is C51H86Cl2FN3O15S. The van der Waals surface area contributed by atoms with Crippen LogP contribution in [0, 0.1) is 17.8 Å². The van der Waals surface area contributed by atoms with Gasteiger partial charge in [-0.25, -0.2) is 12.8 Å². The number of carbonyl (C=O) groups is 2. The molecule has 0 aliphatic carbocycles. The molecule has 1 aromatic rings. The van der Waals surface area contributed by atoms with Crippen molar-refractivity contribution < 1.29 is 76.4 Å². The van der Waals surface area contributed by atoms with E-state index in [0.717, 1.165) is 6.26 Å². The molecule has 22 heteroatoms. The van der Waals surface area contributed by atoms with Gasteiger partial charge < -0.3 is 69.1 Å². The molecule has 1 amide bonds. The molecule has 1 aromatic carbocycles. The smallest absolute Gasteiger partial charge is 0.311 e. The van der Waals surface area contributed by atoms with Crippen molar-refractivity contribution in [1.29, 1.82) is 0 Å². The van der Waals surface area contributed by atoms with Crippen molar-refractivity contribution in [2.24, 2.45) is 17.8 Å². The van der Waals surface area contributed by atoms with E-state index in [1.807, 2.05) is 11.8 Å². The van der Waals surface area contributed by atoms with E-state index in [-0.39, 0.29) is 49.5 Å². The van der Waals surface area contributed by atoms with Crippen LogP contribution in [0.4, 0.5) is 4.39 Å². The van der Waals surface area contributed by atoms with Gasteiger partial charge in [-0.1, -0.05) is 56.1 Å². The first-order chi connectivity index (χ1) is 33.6. The second-order valence-corrected chi connectivity index (χ2v) is 25.6. The molecule has 6 N–H and O–H groups in total. The van der Waals surface area contributed by atoms with Gasteiger partial charge in [-0.3, -0.25) is 9.59 Å². The van der Waals surface area contributed by atoms with Crippen LogP contribution in [-0.4, -0.2) is 204 Å². The first-order valence-electron chi connectivity index (χ1n) is 25.4. The Morgan fingerprint density at radius 1 is 1.01 bits per heavy atom. The van der Waals surface area contributed by atoms with E-state index in [9.17, 15) is 47.9 Å². The van der Waals surface area contributed by atoms with Crippen molar-refractivity contribution in [2.45, 2.75) is 213 Å². The van der Waals surface area contributed by atoms with Gasteiger partial charge in [0.05, 0.1) is 52.5 Å². The number of esters is 1. The van der Waals surface area contributed by atoms with E-state index in [1.54, 1.807) is 86.5 Å². The number of carbonyl (C=O) groups excluding carboxylic acids is 2. The number of likely N-dealkylation sites (N-methyl/N-ethyl adjacent to an activating group) is 2. The quantitative estimate of drug-likeness (QED) is 0.101. The maximum absolute atomic E-state index is 14.5. The van der Waals surface area contributed by atoms with Crippen LogP contribution < -0.4 is 5.32 Å². The predicted octanol–water partition coefficient (Wildman–Crippen LogP) is 3.94. The number of methoxy groups -OCH3 is 1. The molecule has 3 heterocycles. The summed E-state index contributed by atoms with van der Waals surface area (Å²) in [6.07, 6.45) is -9.41. The minimum Gasteiger partial charge on any atom is -0.459 e. The van der Waals surface area contributed by atoms with Crippen molar-refractivity contribution in [3.05, 3.63) is 29.8 Å². The molecule has 0 radical (unpaired) electrons. The Morgan fingerprint density at radius 3 is 2.19 bits per heavy atom. The molecule has 18 nitrogen and oxygen atoms in total. The highest BCUT2D eigenvalue weighted by Gasteiger charge is 2.53. The minimum absolute atomic E-state index is 0.0404. The summed E-state index contributed by atoms with van der Waals surface area (Å²) in [7, 11) is 1.53. The third-order valence-corrected chi connectivity index (χ3v) is 17.4. The highest BCUT2D eigenvalue weighted by atomic mass is 35.5. The number of cyclic esters (lactones) is 1. The zero-order valence-corrected chi connectivity index (χ0v) is 47.5. The van der Waals surface area contributed by atoms with Crippen LogP contribution in [-0.2, 0) is 54.3 Å². The fraction of sp³-hybridized carbons (Fsp3) is 0.843. The van der Waals surface area contributed by atoms with Gasteiger partial charge in [-0.15, -0.1) is 0 Å². The molecule has 0 bridgehead atoms. The summed E-state index contributed by atoms with van der Waals surface area (Å²) < 4.78 is 74.0. The summed E-state index contributed by atoms with van der Waals surface area (Å²) in [5.74, 6) is -3.92. The predicted molar refractivity (Wildman–Crippen MR) is 273 cm³/mol. The van der Waals surface area contributed by atoms with Crippen LogP contribution in [0.5, 0.6) is 0 Å². The Hall–Kier alpha value is -1.86. The Balaban J connectivity index is 1.65. The number of alkyl halides is 3. The SMILES string of the molecule is CC[C@H]1OC(=O)[C@H](C)[C@@H](O[C@H]2C[C@@](C)(OC)[C@@H](O)[C@H](C)O2)[C@H](C)[C@@H](O[C@@H]2O[C@H](C)C[C@H](N(C)CCC(Cl)(Cl)C(=O)N[C@H](CF)Cc3ccc(S(C)(=O)=O)cc3)[C@H]2O)[C@](C)(O)C[C@@H](C)CN(C)[C@H](C)[C@@H](O)[C@]1(C)O. The molecular weight excluding hydrogens is 1020 g/mol. The van der Waals surface area contributed by atoms with E-state index in [2.05, 4.69) is 5.32 Å². The number of aliphatic hydroxyl groups excluding tert-OH is 3. The average Bonchev–Trinajstić information content (AvgIpc) is 3.31. The number of hydrogen-bond donors (Lipinski definition) is 6. The van der Waals surface area contributed by atoms with Crippen LogP contribution >= 0.6 is 23.2 Å². The van der Waals surface area contributed by atoms with Gasteiger partial charge in [0, 0.05) is 57.3 Å². The number of hydrogen-bond acceptors (Lipinski definition) is 17. The summed E-state index contributed by atoms with van der Waals surface area (Å²) in [5, 5.41) is 62.1. The lowest BCUT2D eigenvalue weighted by Gasteiger charge is -2.49. The lowest BCUT2D eigenvalue weighted by molar-refractivity contribution is -0.318. The Labute approximate surface area is 442 Å². The summed E-state index contributed by atoms with van der Waals surface area (Å²) in [6.45, 7) is 16.5. The highest BCUT2D eigenvalue weighted by Crippen LogP contribution is 2.41. The zero-order chi connectivity index (χ0) is 55.3. The zero-order valence-electron chi connectivity index (χ0n) is 45.2. The second-order valence-electron chi connectivity index (χ2n) is 22.1. The monoisotopic (exact) mass is 1100 g/mol. The second kappa shape index (κ2) is 25.7. The normalized spacial score (nSPS) is 39.5. The number of sulfone groups is 1. The number of amides is 1. The average molecular weight is 1100 g/mol. The number of ether oxygens (including phenoxy) is 6. The number of halogens is 3. The highest BCUT2D eigenvalue weighted by molar-refractivity contribution is 7.90. The topological polar surface area (TPSA) is 243 Å². The first-order valence-corrected chi connectivity index (χ1v) is 28.1. The number of rotatable bonds is 16. The third kappa shape index (κ3) is 15.9. The van der Waals surface area contributed by atoms with E-state index in [1.165, 1.54) is 26.2 Å². The Kier molecular flexibility index (Phi) is 22.4. The number of nitrogens with zero attached hydrogens (tertiary/aromatic N) is 2. The molecule has 3 fully saturated rings. The van der Waals surface area contributed by atoms with Crippen molar-refractivity contribution in [1.82, 2.24) is 15.1 Å². The van der Waals surface area contributed by atoms with Gasteiger partial charge in [-0.2, -0.15) is 0 Å². The fourth-order valence-corrected chi connectivity index (χ4v) is 11.8. The van der Waals surface area contributed by atoms with Gasteiger partial charge in [0.25, 0.3) is 5.91 Å². The molecule has 0 spiro atoms. The van der Waals surface area contributed by atoms with Crippen LogP contribution in [0.2, 0.25) is 0 Å². The number of nitrogens with one attached hydrogen (secondary N) is 1. The Bertz CT molecular complexity index is 2060. The molecule has 0 saturated carbocycles. The van der Waals surface area contributed by atoms with Crippen LogP contribution in [0.1, 0.15) is 107 Å². The van der Waals surface area contributed by atoms with Crippen molar-refractivity contribution >= 4 is 44.9 Å². The summed E-state index contributed by atoms with van der Waals surface area (Å²) in [4.78, 5) is 31.6. The summed E-state index contributed by atoms with van der Waals surface area (Å²) >= 11 is 13.3. The van der Waals surface area contributed by atoms with Gasteiger partial charge >= 0.3 is 5.97 Å². The Morgan fingerprint density at radius 2 is 1.63 bits per heavy atom. The third-order valence-electron chi connectivity index (χ3n) is 15.6.